The molecule has 0 radical (unpaired) electrons. The van der Waals surface area contributed by atoms with Crippen LogP contribution in [0.15, 0.2) is 64.7 Å². The number of Topliss-reactive ketones (excluding diaryl/α,β-unsaturated/α-hetero) is 1. The van der Waals surface area contributed by atoms with Crippen molar-refractivity contribution in [3.8, 4) is 5.75 Å². The molecule has 32 heavy (non-hydrogen) atoms. The lowest BCUT2D eigenvalue weighted by Gasteiger charge is -2.22. The fourth-order valence-electron chi connectivity index (χ4n) is 3.56. The Kier molecular flexibility index (Phi) is 5.19. The average molecular weight is 435 g/mol. The Labute approximate surface area is 181 Å². The molecule has 1 aliphatic rings. The molecule has 3 aromatic rings. The third kappa shape index (κ3) is 3.47. The van der Waals surface area contributed by atoms with E-state index >= 15 is 0 Å². The van der Waals surface area contributed by atoms with Crippen molar-refractivity contribution < 1.29 is 28.9 Å². The van der Waals surface area contributed by atoms with E-state index in [0.29, 0.717) is 11.5 Å². The third-order valence-electron chi connectivity index (χ3n) is 5.07. The molecule has 162 valence electrons. The van der Waals surface area contributed by atoms with Gasteiger partial charge in [0.2, 0.25) is 0 Å². The highest BCUT2D eigenvalue weighted by molar-refractivity contribution is 6.51. The summed E-state index contributed by atoms with van der Waals surface area (Å²) in [6, 6.07) is 12.1. The van der Waals surface area contributed by atoms with Crippen LogP contribution >= 0.6 is 0 Å². The van der Waals surface area contributed by atoms with Gasteiger partial charge in [-0.05, 0) is 36.8 Å². The SMILES string of the molecule is COc1ccc(/C(O)=C2\C(=O)C(=O)N(c3cc(C)on3)C2c2cccc([N+](=O)[O-])c2)cc1. The number of benzene rings is 2. The number of anilines is 1. The number of aryl methyl sites for hydroxylation is 1. The molecule has 1 atom stereocenters. The van der Waals surface area contributed by atoms with Crippen LogP contribution in [0.3, 0.4) is 0 Å². The minimum Gasteiger partial charge on any atom is -0.507 e. The largest absolute Gasteiger partial charge is 0.507 e. The molecule has 2 heterocycles. The van der Waals surface area contributed by atoms with E-state index in [-0.39, 0.29) is 28.2 Å². The summed E-state index contributed by atoms with van der Waals surface area (Å²) in [7, 11) is 1.49. The summed E-state index contributed by atoms with van der Waals surface area (Å²) in [6.45, 7) is 1.62. The van der Waals surface area contributed by atoms with Crippen molar-refractivity contribution in [3.63, 3.8) is 0 Å². The molecule has 1 N–H and O–H groups in total. The lowest BCUT2D eigenvalue weighted by molar-refractivity contribution is -0.384. The lowest BCUT2D eigenvalue weighted by Crippen LogP contribution is -2.29. The number of aliphatic hydroxyl groups is 1. The van der Waals surface area contributed by atoms with Gasteiger partial charge in [0, 0.05) is 23.8 Å². The summed E-state index contributed by atoms with van der Waals surface area (Å²) < 4.78 is 10.2. The van der Waals surface area contributed by atoms with Gasteiger partial charge in [-0.15, -0.1) is 0 Å². The van der Waals surface area contributed by atoms with E-state index in [0.717, 1.165) is 4.90 Å². The Morgan fingerprint density at radius 2 is 1.91 bits per heavy atom. The smallest absolute Gasteiger partial charge is 0.301 e. The van der Waals surface area contributed by atoms with E-state index in [2.05, 4.69) is 5.16 Å². The Bertz CT molecular complexity index is 1260. The van der Waals surface area contributed by atoms with Crippen LogP contribution in [-0.4, -0.2) is 34.0 Å². The van der Waals surface area contributed by atoms with E-state index in [4.69, 9.17) is 9.26 Å². The fourth-order valence-corrected chi connectivity index (χ4v) is 3.56. The van der Waals surface area contributed by atoms with E-state index < -0.39 is 28.4 Å². The number of hydrogen-bond donors (Lipinski definition) is 1. The number of carbonyl (C=O) groups excluding carboxylic acids is 2. The highest BCUT2D eigenvalue weighted by Gasteiger charge is 2.48. The Morgan fingerprint density at radius 3 is 2.50 bits per heavy atom. The van der Waals surface area contributed by atoms with E-state index in [1.54, 1.807) is 19.1 Å². The summed E-state index contributed by atoms with van der Waals surface area (Å²) >= 11 is 0. The summed E-state index contributed by atoms with van der Waals surface area (Å²) in [5, 5.41) is 26.1. The molecule has 0 spiro atoms. The van der Waals surface area contributed by atoms with Crippen LogP contribution in [0.4, 0.5) is 11.5 Å². The summed E-state index contributed by atoms with van der Waals surface area (Å²) in [5.74, 6) is -1.33. The first-order valence-electron chi connectivity index (χ1n) is 9.45. The molecule has 1 fully saturated rings. The zero-order valence-corrected chi connectivity index (χ0v) is 17.0. The maximum atomic E-state index is 13.0. The monoisotopic (exact) mass is 435 g/mol. The third-order valence-corrected chi connectivity index (χ3v) is 5.07. The maximum Gasteiger partial charge on any atom is 0.301 e. The van der Waals surface area contributed by atoms with Gasteiger partial charge in [-0.2, -0.15) is 0 Å². The molecule has 4 rings (SSSR count). The minimum atomic E-state index is -1.15. The van der Waals surface area contributed by atoms with Gasteiger partial charge in [0.1, 0.15) is 17.3 Å². The van der Waals surface area contributed by atoms with E-state index in [1.165, 1.54) is 49.6 Å². The van der Waals surface area contributed by atoms with Gasteiger partial charge >= 0.3 is 5.91 Å². The number of nitro groups is 1. The van der Waals surface area contributed by atoms with Crippen LogP contribution < -0.4 is 9.64 Å². The van der Waals surface area contributed by atoms with Gasteiger partial charge in [-0.1, -0.05) is 17.3 Å². The number of methoxy groups -OCH3 is 1. The first-order valence-corrected chi connectivity index (χ1v) is 9.45. The van der Waals surface area contributed by atoms with Gasteiger partial charge in [-0.25, -0.2) is 0 Å². The van der Waals surface area contributed by atoms with E-state index in [1.807, 2.05) is 0 Å². The molecular weight excluding hydrogens is 418 g/mol. The van der Waals surface area contributed by atoms with Crippen LogP contribution in [0.1, 0.15) is 22.9 Å². The second-order valence-electron chi connectivity index (χ2n) is 7.05. The lowest BCUT2D eigenvalue weighted by atomic mass is 9.95. The van der Waals surface area contributed by atoms with Crippen molar-refractivity contribution in [1.29, 1.82) is 0 Å². The number of hydrogen-bond acceptors (Lipinski definition) is 8. The summed E-state index contributed by atoms with van der Waals surface area (Å²) in [6.07, 6.45) is 0. The molecular formula is C22H17N3O7. The topological polar surface area (TPSA) is 136 Å². The maximum absolute atomic E-state index is 13.0. The molecule has 0 aliphatic carbocycles. The number of ketones is 1. The molecule has 10 heteroatoms. The number of nitro benzene ring substituents is 1. The molecule has 0 saturated carbocycles. The Morgan fingerprint density at radius 1 is 1.19 bits per heavy atom. The average Bonchev–Trinajstić information content (AvgIpc) is 3.34. The number of ether oxygens (including phenoxy) is 1. The summed E-state index contributed by atoms with van der Waals surface area (Å²) in [4.78, 5) is 37.8. The van der Waals surface area contributed by atoms with Crippen molar-refractivity contribution in [2.45, 2.75) is 13.0 Å². The van der Waals surface area contributed by atoms with Crippen LogP contribution in [0.5, 0.6) is 5.75 Å². The predicted octanol–water partition coefficient (Wildman–Crippen LogP) is 3.53. The molecule has 1 saturated heterocycles. The van der Waals surface area contributed by atoms with Gasteiger partial charge in [0.05, 0.1) is 23.6 Å². The number of non-ortho nitro benzene ring substituents is 1. The number of amides is 1. The number of carbonyl (C=O) groups is 2. The quantitative estimate of drug-likeness (QED) is 0.211. The molecule has 10 nitrogen and oxygen atoms in total. The van der Waals surface area contributed by atoms with Crippen LogP contribution in [0, 0.1) is 17.0 Å². The molecule has 0 bridgehead atoms. The van der Waals surface area contributed by atoms with Crippen LogP contribution in [0.2, 0.25) is 0 Å². The van der Waals surface area contributed by atoms with Crippen LogP contribution in [-0.2, 0) is 9.59 Å². The first-order chi connectivity index (χ1) is 15.3. The van der Waals surface area contributed by atoms with Crippen molar-refractivity contribution in [1.82, 2.24) is 5.16 Å². The number of rotatable bonds is 5. The number of aromatic nitrogens is 1. The van der Waals surface area contributed by atoms with E-state index in [9.17, 15) is 24.8 Å². The van der Waals surface area contributed by atoms with Gasteiger partial charge in [0.15, 0.2) is 5.82 Å². The standard InChI is InChI=1S/C22H17N3O7/c1-12-10-17(23-32-12)24-19(14-4-3-5-15(11-14)25(29)30)18(21(27)22(24)28)20(26)13-6-8-16(31-2)9-7-13/h3-11,19,26H,1-2H3/b20-18+. The predicted molar refractivity (Wildman–Crippen MR) is 112 cm³/mol. The fraction of sp³-hybridized carbons (Fsp3) is 0.136. The highest BCUT2D eigenvalue weighted by Crippen LogP contribution is 2.42. The first kappa shape index (κ1) is 20.8. The number of aliphatic hydroxyl groups excluding tert-OH is 1. The summed E-state index contributed by atoms with van der Waals surface area (Å²) in [5.41, 5.74) is 0.0832. The highest BCUT2D eigenvalue weighted by atomic mass is 16.6. The second-order valence-corrected chi connectivity index (χ2v) is 7.05. The molecule has 1 unspecified atom stereocenters. The second kappa shape index (κ2) is 7.99. The molecule has 1 aromatic heterocycles. The zero-order chi connectivity index (χ0) is 23.0. The molecule has 1 aliphatic heterocycles. The normalized spacial score (nSPS) is 17.6. The van der Waals surface area contributed by atoms with Crippen LogP contribution in [0.25, 0.3) is 5.76 Å². The van der Waals surface area contributed by atoms with Gasteiger partial charge in [0.25, 0.3) is 11.5 Å². The van der Waals surface area contributed by atoms with Gasteiger partial charge in [-0.3, -0.25) is 24.6 Å². The van der Waals surface area contributed by atoms with Crippen molar-refractivity contribution in [3.05, 3.63) is 87.2 Å². The minimum absolute atomic E-state index is 0.0508. The Balaban J connectivity index is 1.94. The molecule has 1 amide bonds. The zero-order valence-electron chi connectivity index (χ0n) is 17.0. The van der Waals surface area contributed by atoms with Crippen molar-refractivity contribution in [2.75, 3.05) is 12.0 Å². The molecule has 2 aromatic carbocycles. The Hall–Kier alpha value is -4.47. The van der Waals surface area contributed by atoms with Crippen molar-refractivity contribution in [2.24, 2.45) is 0 Å². The van der Waals surface area contributed by atoms with Gasteiger partial charge < -0.3 is 14.4 Å². The van der Waals surface area contributed by atoms with Crippen molar-refractivity contribution >= 4 is 29.0 Å². The number of nitrogens with zero attached hydrogens (tertiary/aromatic N) is 3.